The van der Waals surface area contributed by atoms with Gasteiger partial charge in [-0.3, -0.25) is 9.79 Å². The zero-order chi connectivity index (χ0) is 18.9. The molecule has 1 aromatic heterocycles. The number of guanidine groups is 1. The van der Waals surface area contributed by atoms with Crippen LogP contribution in [0.2, 0.25) is 0 Å². The van der Waals surface area contributed by atoms with Gasteiger partial charge in [0.05, 0.1) is 10.9 Å². The van der Waals surface area contributed by atoms with Crippen LogP contribution < -0.4 is 16.4 Å². The Morgan fingerprint density at radius 3 is 2.65 bits per heavy atom. The van der Waals surface area contributed by atoms with Gasteiger partial charge in [0.15, 0.2) is 5.96 Å². The summed E-state index contributed by atoms with van der Waals surface area (Å²) < 4.78 is 13.0. The molecule has 0 fully saturated rings. The van der Waals surface area contributed by atoms with Crippen molar-refractivity contribution in [1.29, 1.82) is 0 Å². The quantitative estimate of drug-likeness (QED) is 0.482. The van der Waals surface area contributed by atoms with Gasteiger partial charge in [-0.2, -0.15) is 0 Å². The van der Waals surface area contributed by atoms with Crippen molar-refractivity contribution < 1.29 is 9.18 Å². The SMILES string of the molecule is CN=C(NCCc1ncc(C)s1)NCC(Cc1ccc(F)cc1)C(N)=O. The summed E-state index contributed by atoms with van der Waals surface area (Å²) in [6.07, 6.45) is 3.10. The Morgan fingerprint density at radius 2 is 2.08 bits per heavy atom. The number of amides is 1. The molecule has 6 nitrogen and oxygen atoms in total. The number of aryl methyl sites for hydroxylation is 1. The number of carbonyl (C=O) groups excluding carboxylic acids is 1. The molecule has 0 bridgehead atoms. The van der Waals surface area contributed by atoms with Crippen LogP contribution in [0.25, 0.3) is 0 Å². The van der Waals surface area contributed by atoms with E-state index < -0.39 is 11.8 Å². The Bertz CT molecular complexity index is 744. The zero-order valence-corrected chi connectivity index (χ0v) is 15.8. The Balaban J connectivity index is 1.81. The van der Waals surface area contributed by atoms with Gasteiger partial charge in [0.1, 0.15) is 5.82 Å². The first-order valence-corrected chi connectivity index (χ1v) is 9.19. The van der Waals surface area contributed by atoms with E-state index in [-0.39, 0.29) is 5.82 Å². The summed E-state index contributed by atoms with van der Waals surface area (Å²) in [6.45, 7) is 3.06. The number of thiazole rings is 1. The number of halogens is 1. The minimum absolute atomic E-state index is 0.303. The summed E-state index contributed by atoms with van der Waals surface area (Å²) in [5, 5.41) is 7.38. The van der Waals surface area contributed by atoms with Gasteiger partial charge in [-0.1, -0.05) is 12.1 Å². The number of aliphatic imine (C=N–C) groups is 1. The lowest BCUT2D eigenvalue weighted by Gasteiger charge is -2.17. The van der Waals surface area contributed by atoms with E-state index in [1.807, 2.05) is 13.1 Å². The van der Waals surface area contributed by atoms with Crippen LogP contribution in [0.15, 0.2) is 35.5 Å². The highest BCUT2D eigenvalue weighted by molar-refractivity contribution is 7.11. The normalized spacial score (nSPS) is 12.7. The molecule has 0 saturated heterocycles. The summed E-state index contributed by atoms with van der Waals surface area (Å²) in [5.74, 6) is -0.526. The smallest absolute Gasteiger partial charge is 0.222 e. The van der Waals surface area contributed by atoms with Crippen molar-refractivity contribution in [3.8, 4) is 0 Å². The maximum Gasteiger partial charge on any atom is 0.222 e. The summed E-state index contributed by atoms with van der Waals surface area (Å²) in [4.78, 5) is 21.4. The van der Waals surface area contributed by atoms with Crippen molar-refractivity contribution in [1.82, 2.24) is 15.6 Å². The molecular formula is C18H24FN5OS. The summed E-state index contributed by atoms with van der Waals surface area (Å²) in [7, 11) is 1.67. The van der Waals surface area contributed by atoms with Crippen molar-refractivity contribution in [2.45, 2.75) is 19.8 Å². The topological polar surface area (TPSA) is 92.4 Å². The van der Waals surface area contributed by atoms with E-state index in [0.717, 1.165) is 17.0 Å². The molecule has 1 amide bonds. The standard InChI is InChI=1S/C18H24FN5OS/c1-12-10-23-16(26-12)7-8-22-18(21-2)24-11-14(17(20)25)9-13-3-5-15(19)6-4-13/h3-6,10,14H,7-9,11H2,1-2H3,(H2,20,25)(H2,21,22,24). The first-order valence-electron chi connectivity index (χ1n) is 8.37. The fourth-order valence-corrected chi connectivity index (χ4v) is 3.21. The molecule has 0 aliphatic rings. The van der Waals surface area contributed by atoms with Gasteiger partial charge in [0.25, 0.3) is 0 Å². The number of hydrogen-bond acceptors (Lipinski definition) is 4. The Labute approximate surface area is 156 Å². The molecule has 1 aromatic carbocycles. The molecule has 140 valence electrons. The van der Waals surface area contributed by atoms with Crippen LogP contribution in [0.3, 0.4) is 0 Å². The molecule has 1 atom stereocenters. The monoisotopic (exact) mass is 377 g/mol. The molecule has 8 heteroatoms. The highest BCUT2D eigenvalue weighted by Crippen LogP contribution is 2.11. The number of nitrogens with zero attached hydrogens (tertiary/aromatic N) is 2. The summed E-state index contributed by atoms with van der Waals surface area (Å²) in [5.41, 5.74) is 6.36. The van der Waals surface area contributed by atoms with Crippen molar-refractivity contribution in [2.75, 3.05) is 20.1 Å². The van der Waals surface area contributed by atoms with Crippen LogP contribution in [-0.2, 0) is 17.6 Å². The zero-order valence-electron chi connectivity index (χ0n) is 15.0. The van der Waals surface area contributed by atoms with Gasteiger partial charge in [-0.15, -0.1) is 11.3 Å². The third kappa shape index (κ3) is 6.44. The minimum atomic E-state index is -0.416. The predicted octanol–water partition coefficient (Wildman–Crippen LogP) is 1.64. The number of nitrogens with two attached hydrogens (primary N) is 1. The third-order valence-corrected chi connectivity index (χ3v) is 4.81. The van der Waals surface area contributed by atoms with E-state index in [4.69, 9.17) is 5.73 Å². The molecule has 0 spiro atoms. The average molecular weight is 377 g/mol. The van der Waals surface area contributed by atoms with Crippen LogP contribution in [-0.4, -0.2) is 37.0 Å². The number of benzene rings is 1. The molecule has 1 heterocycles. The van der Waals surface area contributed by atoms with Crippen molar-refractivity contribution in [3.63, 3.8) is 0 Å². The van der Waals surface area contributed by atoms with Gasteiger partial charge >= 0.3 is 0 Å². The van der Waals surface area contributed by atoms with E-state index in [9.17, 15) is 9.18 Å². The predicted molar refractivity (Wildman–Crippen MR) is 103 cm³/mol. The summed E-state index contributed by atoms with van der Waals surface area (Å²) >= 11 is 1.67. The minimum Gasteiger partial charge on any atom is -0.369 e. The molecule has 0 saturated carbocycles. The van der Waals surface area contributed by atoms with Crippen LogP contribution in [0.4, 0.5) is 4.39 Å². The molecule has 1 unspecified atom stereocenters. The number of aromatic nitrogens is 1. The maximum absolute atomic E-state index is 13.0. The first-order chi connectivity index (χ1) is 12.5. The van der Waals surface area contributed by atoms with Crippen molar-refractivity contribution in [2.24, 2.45) is 16.6 Å². The number of hydrogen-bond donors (Lipinski definition) is 3. The Kier molecular flexibility index (Phi) is 7.53. The van der Waals surface area contributed by atoms with Gasteiger partial charge < -0.3 is 16.4 Å². The average Bonchev–Trinajstić information content (AvgIpc) is 3.03. The Hall–Kier alpha value is -2.48. The maximum atomic E-state index is 13.0. The first kappa shape index (κ1) is 19.8. The lowest BCUT2D eigenvalue weighted by molar-refractivity contribution is -0.121. The van der Waals surface area contributed by atoms with Crippen LogP contribution in [0.1, 0.15) is 15.4 Å². The largest absolute Gasteiger partial charge is 0.369 e. The Morgan fingerprint density at radius 1 is 1.35 bits per heavy atom. The van der Waals surface area contributed by atoms with E-state index in [0.29, 0.717) is 25.5 Å². The molecular weight excluding hydrogens is 353 g/mol. The highest BCUT2D eigenvalue weighted by atomic mass is 32.1. The second-order valence-electron chi connectivity index (χ2n) is 5.92. The summed E-state index contributed by atoms with van der Waals surface area (Å²) in [6, 6.07) is 6.08. The van der Waals surface area contributed by atoms with E-state index in [2.05, 4.69) is 20.6 Å². The molecule has 0 aliphatic carbocycles. The number of nitrogens with one attached hydrogen (secondary N) is 2. The number of carbonyl (C=O) groups is 1. The van der Waals surface area contributed by atoms with Crippen LogP contribution >= 0.6 is 11.3 Å². The molecule has 2 aromatic rings. The van der Waals surface area contributed by atoms with E-state index in [1.54, 1.807) is 30.5 Å². The van der Waals surface area contributed by atoms with Crippen LogP contribution in [0.5, 0.6) is 0 Å². The van der Waals surface area contributed by atoms with Gasteiger partial charge in [0.2, 0.25) is 5.91 Å². The van der Waals surface area contributed by atoms with Crippen molar-refractivity contribution in [3.05, 3.63) is 51.7 Å². The molecule has 2 rings (SSSR count). The lowest BCUT2D eigenvalue weighted by Crippen LogP contribution is -2.43. The fraction of sp³-hybridized carbons (Fsp3) is 0.389. The second-order valence-corrected chi connectivity index (χ2v) is 7.24. The third-order valence-electron chi connectivity index (χ3n) is 3.84. The van der Waals surface area contributed by atoms with Crippen LogP contribution in [0, 0.1) is 18.7 Å². The van der Waals surface area contributed by atoms with Gasteiger partial charge in [-0.05, 0) is 31.0 Å². The van der Waals surface area contributed by atoms with Gasteiger partial charge in [-0.25, -0.2) is 9.37 Å². The molecule has 4 N–H and O–H groups in total. The highest BCUT2D eigenvalue weighted by Gasteiger charge is 2.16. The molecule has 0 aliphatic heterocycles. The molecule has 0 radical (unpaired) electrons. The lowest BCUT2D eigenvalue weighted by atomic mass is 9.98. The number of primary amides is 1. The van der Waals surface area contributed by atoms with E-state index >= 15 is 0 Å². The fourth-order valence-electron chi connectivity index (χ4n) is 2.42. The van der Waals surface area contributed by atoms with E-state index in [1.165, 1.54) is 17.0 Å². The van der Waals surface area contributed by atoms with Gasteiger partial charge in [0, 0.05) is 37.6 Å². The second kappa shape index (κ2) is 9.86. The molecule has 26 heavy (non-hydrogen) atoms. The van der Waals surface area contributed by atoms with Crippen molar-refractivity contribution >= 4 is 23.2 Å². The number of rotatable bonds is 8.